The topological polar surface area (TPSA) is 46.6 Å². The van der Waals surface area contributed by atoms with Gasteiger partial charge in [-0.1, -0.05) is 30.3 Å². The summed E-state index contributed by atoms with van der Waals surface area (Å²) in [7, 11) is 0. The van der Waals surface area contributed by atoms with E-state index in [1.807, 2.05) is 59.0 Å². The van der Waals surface area contributed by atoms with Gasteiger partial charge in [-0.05, 0) is 29.3 Å². The molecule has 1 fully saturated rings. The zero-order valence-electron chi connectivity index (χ0n) is 13.7. The zero-order chi connectivity index (χ0) is 16.9. The average molecular weight is 343 g/mol. The van der Waals surface area contributed by atoms with E-state index in [0.717, 1.165) is 5.56 Å². The predicted octanol–water partition coefficient (Wildman–Crippen LogP) is 3.35. The van der Waals surface area contributed by atoms with Gasteiger partial charge in [0.25, 0.3) is 0 Å². The molecule has 1 aromatic carbocycles. The van der Waals surface area contributed by atoms with Crippen LogP contribution in [0.3, 0.4) is 0 Å². The molecule has 0 N–H and O–H groups in total. The third-order valence-corrected chi connectivity index (χ3v) is 5.14. The number of rotatable bonds is 5. The number of morpholine rings is 1. The Bertz CT molecular complexity index is 684. The molecule has 1 aromatic heterocycles. The predicted molar refractivity (Wildman–Crippen MR) is 94.4 cm³/mol. The third kappa shape index (κ3) is 3.74. The normalized spacial score (nSPS) is 19.0. The Balaban J connectivity index is 1.71. The van der Waals surface area contributed by atoms with Gasteiger partial charge in [0, 0.05) is 18.5 Å². The third-order valence-electron chi connectivity index (χ3n) is 4.44. The molecular formula is C19H21NO3S. The Morgan fingerprint density at radius 3 is 2.79 bits per heavy atom. The van der Waals surface area contributed by atoms with Crippen LogP contribution in [0.15, 0.2) is 47.2 Å². The standard InChI is InChI=1S/C19H21NO3S/c1-14(16-7-10-24-13-16)19(22)20-8-9-23-12-17(20)11-18(21)15-5-3-2-4-6-15/h2-7,10,13-14,17H,8-9,11-12H2,1H3/t14-,17-/m0/s1. The van der Waals surface area contributed by atoms with Crippen molar-refractivity contribution in [2.45, 2.75) is 25.3 Å². The van der Waals surface area contributed by atoms with Gasteiger partial charge in [0.2, 0.25) is 5.91 Å². The van der Waals surface area contributed by atoms with Crippen molar-refractivity contribution in [3.63, 3.8) is 0 Å². The number of Topliss-reactive ketones (excluding diaryl/α,β-unsaturated/α-hetero) is 1. The monoisotopic (exact) mass is 343 g/mol. The van der Waals surface area contributed by atoms with Crippen LogP contribution in [0.4, 0.5) is 0 Å². The second-order valence-corrected chi connectivity index (χ2v) is 6.81. The fraction of sp³-hybridized carbons (Fsp3) is 0.368. The van der Waals surface area contributed by atoms with Gasteiger partial charge >= 0.3 is 0 Å². The molecule has 0 bridgehead atoms. The molecule has 126 valence electrons. The lowest BCUT2D eigenvalue weighted by Gasteiger charge is -2.37. The molecule has 0 unspecified atom stereocenters. The lowest BCUT2D eigenvalue weighted by molar-refractivity contribution is -0.140. The number of ether oxygens (including phenoxy) is 1. The van der Waals surface area contributed by atoms with E-state index in [-0.39, 0.29) is 23.7 Å². The maximum Gasteiger partial charge on any atom is 0.230 e. The molecule has 0 saturated carbocycles. The molecule has 2 atom stereocenters. The number of thiophene rings is 1. The van der Waals surface area contributed by atoms with Crippen LogP contribution in [0.2, 0.25) is 0 Å². The smallest absolute Gasteiger partial charge is 0.230 e. The van der Waals surface area contributed by atoms with Gasteiger partial charge in [-0.15, -0.1) is 0 Å². The molecule has 1 aliphatic rings. The minimum atomic E-state index is -0.194. The lowest BCUT2D eigenvalue weighted by atomic mass is 9.98. The summed E-state index contributed by atoms with van der Waals surface area (Å²) in [6.07, 6.45) is 0.298. The lowest BCUT2D eigenvalue weighted by Crippen LogP contribution is -2.50. The summed E-state index contributed by atoms with van der Waals surface area (Å²) in [5.74, 6) is -0.0710. The number of amides is 1. The van der Waals surface area contributed by atoms with Crippen molar-refractivity contribution in [1.29, 1.82) is 0 Å². The molecule has 1 amide bonds. The van der Waals surface area contributed by atoms with E-state index in [9.17, 15) is 9.59 Å². The molecule has 24 heavy (non-hydrogen) atoms. The first-order valence-electron chi connectivity index (χ1n) is 8.15. The molecule has 0 spiro atoms. The second-order valence-electron chi connectivity index (χ2n) is 6.03. The maximum atomic E-state index is 12.9. The Morgan fingerprint density at radius 1 is 1.29 bits per heavy atom. The summed E-state index contributed by atoms with van der Waals surface area (Å²) in [6, 6.07) is 11.0. The molecule has 2 aromatic rings. The van der Waals surface area contributed by atoms with Crippen molar-refractivity contribution in [1.82, 2.24) is 4.90 Å². The van der Waals surface area contributed by atoms with Crippen molar-refractivity contribution < 1.29 is 14.3 Å². The van der Waals surface area contributed by atoms with E-state index in [1.54, 1.807) is 11.3 Å². The number of benzene rings is 1. The maximum absolute atomic E-state index is 12.9. The Morgan fingerprint density at radius 2 is 2.08 bits per heavy atom. The van der Waals surface area contributed by atoms with Crippen LogP contribution in [0.5, 0.6) is 0 Å². The first kappa shape index (κ1) is 16.9. The number of carbonyl (C=O) groups excluding carboxylic acids is 2. The van der Waals surface area contributed by atoms with Gasteiger partial charge in [0.05, 0.1) is 25.2 Å². The fourth-order valence-corrected chi connectivity index (χ4v) is 3.74. The van der Waals surface area contributed by atoms with Crippen LogP contribution in [-0.4, -0.2) is 42.4 Å². The van der Waals surface area contributed by atoms with E-state index in [1.165, 1.54) is 0 Å². The molecule has 2 heterocycles. The van der Waals surface area contributed by atoms with Crippen molar-refractivity contribution >= 4 is 23.0 Å². The van der Waals surface area contributed by atoms with Crippen molar-refractivity contribution in [2.75, 3.05) is 19.8 Å². The first-order chi connectivity index (χ1) is 11.7. The molecule has 5 heteroatoms. The number of hydrogen-bond acceptors (Lipinski definition) is 4. The first-order valence-corrected chi connectivity index (χ1v) is 9.09. The SMILES string of the molecule is C[C@H](C(=O)N1CCOC[C@@H]1CC(=O)c1ccccc1)c1ccsc1. The van der Waals surface area contributed by atoms with E-state index < -0.39 is 0 Å². The zero-order valence-corrected chi connectivity index (χ0v) is 14.5. The van der Waals surface area contributed by atoms with Crippen LogP contribution in [-0.2, 0) is 9.53 Å². The Labute approximate surface area is 146 Å². The minimum absolute atomic E-state index is 0.0482. The van der Waals surface area contributed by atoms with Crippen molar-refractivity contribution in [3.05, 3.63) is 58.3 Å². The molecule has 1 saturated heterocycles. The van der Waals surface area contributed by atoms with Crippen LogP contribution in [0.1, 0.15) is 35.2 Å². The second kappa shape index (κ2) is 7.73. The van der Waals surface area contributed by atoms with Crippen LogP contribution < -0.4 is 0 Å². The van der Waals surface area contributed by atoms with Crippen LogP contribution in [0, 0.1) is 0 Å². The Kier molecular flexibility index (Phi) is 5.43. The summed E-state index contributed by atoms with van der Waals surface area (Å²) < 4.78 is 5.53. The molecular weight excluding hydrogens is 322 g/mol. The quantitative estimate of drug-likeness (QED) is 0.782. The minimum Gasteiger partial charge on any atom is -0.377 e. The number of ketones is 1. The van der Waals surface area contributed by atoms with Gasteiger partial charge in [0.1, 0.15) is 0 Å². The van der Waals surface area contributed by atoms with Crippen molar-refractivity contribution in [3.8, 4) is 0 Å². The Hall–Kier alpha value is -1.98. The average Bonchev–Trinajstić information content (AvgIpc) is 3.16. The van der Waals surface area contributed by atoms with E-state index in [4.69, 9.17) is 4.74 Å². The molecule has 1 aliphatic heterocycles. The number of hydrogen-bond donors (Lipinski definition) is 0. The molecule has 0 aliphatic carbocycles. The highest BCUT2D eigenvalue weighted by Gasteiger charge is 2.32. The summed E-state index contributed by atoms with van der Waals surface area (Å²) >= 11 is 1.59. The van der Waals surface area contributed by atoms with E-state index in [0.29, 0.717) is 31.7 Å². The highest BCUT2D eigenvalue weighted by Crippen LogP contribution is 2.24. The van der Waals surface area contributed by atoms with Gasteiger partial charge in [-0.25, -0.2) is 0 Å². The van der Waals surface area contributed by atoms with Crippen molar-refractivity contribution in [2.24, 2.45) is 0 Å². The van der Waals surface area contributed by atoms with Gasteiger partial charge in [-0.3, -0.25) is 9.59 Å². The highest BCUT2D eigenvalue weighted by molar-refractivity contribution is 7.08. The van der Waals surface area contributed by atoms with E-state index >= 15 is 0 Å². The van der Waals surface area contributed by atoms with Gasteiger partial charge in [0.15, 0.2) is 5.78 Å². The van der Waals surface area contributed by atoms with Gasteiger partial charge in [-0.2, -0.15) is 11.3 Å². The highest BCUT2D eigenvalue weighted by atomic mass is 32.1. The number of carbonyl (C=O) groups is 2. The molecule has 3 rings (SSSR count). The summed E-state index contributed by atoms with van der Waals surface area (Å²) in [5, 5.41) is 3.99. The molecule has 4 nitrogen and oxygen atoms in total. The number of nitrogens with zero attached hydrogens (tertiary/aromatic N) is 1. The summed E-state index contributed by atoms with van der Waals surface area (Å²) in [5.41, 5.74) is 1.71. The van der Waals surface area contributed by atoms with Crippen LogP contribution >= 0.6 is 11.3 Å². The fourth-order valence-electron chi connectivity index (χ4n) is 2.98. The van der Waals surface area contributed by atoms with E-state index in [2.05, 4.69) is 0 Å². The summed E-state index contributed by atoms with van der Waals surface area (Å²) in [4.78, 5) is 27.2. The molecule has 0 radical (unpaired) electrons. The summed E-state index contributed by atoms with van der Waals surface area (Å²) in [6.45, 7) is 3.41. The van der Waals surface area contributed by atoms with Crippen LogP contribution in [0.25, 0.3) is 0 Å². The van der Waals surface area contributed by atoms with Gasteiger partial charge < -0.3 is 9.64 Å². The largest absolute Gasteiger partial charge is 0.377 e.